The molecule has 1 aliphatic rings. The molecule has 110 valence electrons. The van der Waals surface area contributed by atoms with Crippen molar-refractivity contribution < 1.29 is 4.79 Å². The van der Waals surface area contributed by atoms with E-state index in [-0.39, 0.29) is 5.91 Å². The molecule has 1 atom stereocenters. The van der Waals surface area contributed by atoms with Crippen LogP contribution in [-0.4, -0.2) is 43.5 Å². The molecule has 0 radical (unpaired) electrons. The fourth-order valence-electron chi connectivity index (χ4n) is 2.48. The number of likely N-dealkylation sites (N-methyl/N-ethyl adjacent to an activating group) is 1. The van der Waals surface area contributed by atoms with Gasteiger partial charge in [-0.25, -0.2) is 0 Å². The molecule has 1 aromatic rings. The highest BCUT2D eigenvalue weighted by molar-refractivity contribution is 9.10. The van der Waals surface area contributed by atoms with Gasteiger partial charge in [0.15, 0.2) is 0 Å². The van der Waals surface area contributed by atoms with E-state index in [1.54, 1.807) is 0 Å². The average molecular weight is 340 g/mol. The smallest absolute Gasteiger partial charge is 0.238 e. The second kappa shape index (κ2) is 7.20. The molecule has 2 rings (SSSR count). The SMILES string of the molecule is Cc1ccc(NC(=O)CN(C)C2CCCNC2)c(Br)c1. The number of nitrogens with one attached hydrogen (secondary N) is 2. The number of aryl methyl sites for hydroxylation is 1. The number of benzene rings is 1. The van der Waals surface area contributed by atoms with E-state index in [1.165, 1.54) is 12.0 Å². The third-order valence-electron chi connectivity index (χ3n) is 3.69. The van der Waals surface area contributed by atoms with E-state index in [4.69, 9.17) is 0 Å². The molecular weight excluding hydrogens is 318 g/mol. The van der Waals surface area contributed by atoms with E-state index < -0.39 is 0 Å². The van der Waals surface area contributed by atoms with Crippen molar-refractivity contribution >= 4 is 27.5 Å². The Morgan fingerprint density at radius 1 is 1.55 bits per heavy atom. The molecule has 5 heteroatoms. The number of carbonyl (C=O) groups is 1. The first kappa shape index (κ1) is 15.5. The molecule has 1 heterocycles. The lowest BCUT2D eigenvalue weighted by atomic mass is 10.1. The van der Waals surface area contributed by atoms with Gasteiger partial charge in [-0.15, -0.1) is 0 Å². The molecule has 1 fully saturated rings. The van der Waals surface area contributed by atoms with Gasteiger partial charge in [0.25, 0.3) is 0 Å². The van der Waals surface area contributed by atoms with Crippen molar-refractivity contribution in [3.63, 3.8) is 0 Å². The summed E-state index contributed by atoms with van der Waals surface area (Å²) in [6.45, 7) is 4.51. The van der Waals surface area contributed by atoms with Crippen LogP contribution < -0.4 is 10.6 Å². The maximum absolute atomic E-state index is 12.1. The van der Waals surface area contributed by atoms with Gasteiger partial charge in [0.05, 0.1) is 12.2 Å². The van der Waals surface area contributed by atoms with Crippen molar-refractivity contribution in [1.82, 2.24) is 10.2 Å². The molecule has 1 unspecified atom stereocenters. The van der Waals surface area contributed by atoms with Gasteiger partial charge in [-0.3, -0.25) is 9.69 Å². The lowest BCUT2D eigenvalue weighted by Crippen LogP contribution is -2.46. The van der Waals surface area contributed by atoms with Crippen LogP contribution in [0.5, 0.6) is 0 Å². The highest BCUT2D eigenvalue weighted by atomic mass is 79.9. The second-order valence-corrected chi connectivity index (χ2v) is 6.30. The summed E-state index contributed by atoms with van der Waals surface area (Å²) in [6, 6.07) is 6.38. The van der Waals surface area contributed by atoms with Crippen LogP contribution in [0.3, 0.4) is 0 Å². The van der Waals surface area contributed by atoms with Crippen LogP contribution in [0.1, 0.15) is 18.4 Å². The third-order valence-corrected chi connectivity index (χ3v) is 4.34. The highest BCUT2D eigenvalue weighted by Crippen LogP contribution is 2.23. The molecule has 1 amide bonds. The Kier molecular flexibility index (Phi) is 5.57. The summed E-state index contributed by atoms with van der Waals surface area (Å²) >= 11 is 3.48. The first-order valence-electron chi connectivity index (χ1n) is 7.03. The van der Waals surface area contributed by atoms with Crippen LogP contribution >= 0.6 is 15.9 Å². The van der Waals surface area contributed by atoms with Crippen LogP contribution in [-0.2, 0) is 4.79 Å². The lowest BCUT2D eigenvalue weighted by Gasteiger charge is -2.31. The summed E-state index contributed by atoms with van der Waals surface area (Å²) in [6.07, 6.45) is 2.34. The second-order valence-electron chi connectivity index (χ2n) is 5.45. The summed E-state index contributed by atoms with van der Waals surface area (Å²) in [5.41, 5.74) is 2.00. The molecule has 0 saturated carbocycles. The van der Waals surface area contributed by atoms with Gasteiger partial charge >= 0.3 is 0 Å². The molecule has 0 bridgehead atoms. The van der Waals surface area contributed by atoms with Crippen LogP contribution in [0.2, 0.25) is 0 Å². The summed E-state index contributed by atoms with van der Waals surface area (Å²) in [5.74, 6) is 0.0302. The first-order valence-corrected chi connectivity index (χ1v) is 7.82. The van der Waals surface area contributed by atoms with Crippen molar-refractivity contribution in [2.75, 3.05) is 32.0 Å². The van der Waals surface area contributed by atoms with E-state index in [0.29, 0.717) is 12.6 Å². The Morgan fingerprint density at radius 3 is 3.00 bits per heavy atom. The standard InChI is InChI=1S/C15H22BrN3O/c1-11-5-6-14(13(16)8-11)18-15(20)10-19(2)12-4-3-7-17-9-12/h5-6,8,12,17H,3-4,7,9-10H2,1-2H3,(H,18,20). The minimum absolute atomic E-state index is 0.0302. The van der Waals surface area contributed by atoms with E-state index >= 15 is 0 Å². The Bertz CT molecular complexity index is 472. The lowest BCUT2D eigenvalue weighted by molar-refractivity contribution is -0.117. The van der Waals surface area contributed by atoms with Gasteiger partial charge in [-0.2, -0.15) is 0 Å². The van der Waals surface area contributed by atoms with Crippen molar-refractivity contribution in [1.29, 1.82) is 0 Å². The van der Waals surface area contributed by atoms with Gasteiger partial charge in [0.1, 0.15) is 0 Å². The normalized spacial score (nSPS) is 19.1. The number of hydrogen-bond donors (Lipinski definition) is 2. The Balaban J connectivity index is 1.88. The monoisotopic (exact) mass is 339 g/mol. The zero-order valence-electron chi connectivity index (χ0n) is 12.1. The Morgan fingerprint density at radius 2 is 2.35 bits per heavy atom. The van der Waals surface area contributed by atoms with E-state index in [0.717, 1.165) is 29.7 Å². The fourth-order valence-corrected chi connectivity index (χ4v) is 3.07. The van der Waals surface area contributed by atoms with Crippen molar-refractivity contribution in [3.05, 3.63) is 28.2 Å². The van der Waals surface area contributed by atoms with E-state index in [9.17, 15) is 4.79 Å². The predicted octanol–water partition coefficient (Wildman–Crippen LogP) is 2.38. The molecule has 0 aromatic heterocycles. The number of nitrogens with zero attached hydrogens (tertiary/aromatic N) is 1. The zero-order chi connectivity index (χ0) is 14.5. The van der Waals surface area contributed by atoms with E-state index in [1.807, 2.05) is 32.2 Å². The third kappa shape index (κ3) is 4.30. The molecule has 1 aliphatic heterocycles. The Hall–Kier alpha value is -0.910. The number of carbonyl (C=O) groups excluding carboxylic acids is 1. The van der Waals surface area contributed by atoms with Gasteiger partial charge in [-0.1, -0.05) is 6.07 Å². The molecular formula is C15H22BrN3O. The number of rotatable bonds is 4. The maximum Gasteiger partial charge on any atom is 0.238 e. The number of hydrogen-bond acceptors (Lipinski definition) is 3. The summed E-state index contributed by atoms with van der Waals surface area (Å²) < 4.78 is 0.924. The Labute approximate surface area is 129 Å². The van der Waals surface area contributed by atoms with Gasteiger partial charge in [0.2, 0.25) is 5.91 Å². The molecule has 1 aromatic carbocycles. The van der Waals surface area contributed by atoms with Crippen LogP contribution in [0.15, 0.2) is 22.7 Å². The summed E-state index contributed by atoms with van der Waals surface area (Å²) in [5, 5.41) is 6.33. The fraction of sp³-hybridized carbons (Fsp3) is 0.533. The van der Waals surface area contributed by atoms with Gasteiger partial charge in [-0.05, 0) is 67.0 Å². The van der Waals surface area contributed by atoms with Crippen LogP contribution in [0.4, 0.5) is 5.69 Å². The molecule has 20 heavy (non-hydrogen) atoms. The molecule has 0 aliphatic carbocycles. The molecule has 1 saturated heterocycles. The number of piperidine rings is 1. The van der Waals surface area contributed by atoms with Crippen molar-refractivity contribution in [2.45, 2.75) is 25.8 Å². The largest absolute Gasteiger partial charge is 0.324 e. The number of amides is 1. The minimum atomic E-state index is 0.0302. The average Bonchev–Trinajstić information content (AvgIpc) is 2.43. The first-order chi connectivity index (χ1) is 9.56. The van der Waals surface area contributed by atoms with Gasteiger partial charge < -0.3 is 10.6 Å². The maximum atomic E-state index is 12.1. The topological polar surface area (TPSA) is 44.4 Å². The molecule has 2 N–H and O–H groups in total. The molecule has 4 nitrogen and oxygen atoms in total. The van der Waals surface area contributed by atoms with E-state index in [2.05, 4.69) is 31.5 Å². The van der Waals surface area contributed by atoms with Crippen molar-refractivity contribution in [2.24, 2.45) is 0 Å². The summed E-state index contributed by atoms with van der Waals surface area (Å²) in [4.78, 5) is 14.2. The number of halogens is 1. The van der Waals surface area contributed by atoms with Crippen LogP contribution in [0, 0.1) is 6.92 Å². The highest BCUT2D eigenvalue weighted by Gasteiger charge is 2.19. The van der Waals surface area contributed by atoms with Gasteiger partial charge in [0, 0.05) is 17.1 Å². The minimum Gasteiger partial charge on any atom is -0.324 e. The summed E-state index contributed by atoms with van der Waals surface area (Å²) in [7, 11) is 2.02. The van der Waals surface area contributed by atoms with Crippen molar-refractivity contribution in [3.8, 4) is 0 Å². The molecule has 0 spiro atoms. The predicted molar refractivity (Wildman–Crippen MR) is 86.0 cm³/mol. The van der Waals surface area contributed by atoms with Crippen LogP contribution in [0.25, 0.3) is 0 Å². The number of anilines is 1. The quantitative estimate of drug-likeness (QED) is 0.885. The zero-order valence-corrected chi connectivity index (χ0v) is 13.7.